The number of carbonyl (C=O) groups is 1. The van der Waals surface area contributed by atoms with Crippen molar-refractivity contribution in [3.63, 3.8) is 0 Å². The molecule has 0 bridgehead atoms. The van der Waals surface area contributed by atoms with Gasteiger partial charge in [-0.3, -0.25) is 4.79 Å². The number of aliphatic hydroxyl groups is 5. The highest BCUT2D eigenvalue weighted by atomic mass is 16.5. The minimum absolute atomic E-state index is 0.0233. The quantitative estimate of drug-likeness (QED) is 0.0679. The smallest absolute Gasteiger partial charge is 0.222 e. The lowest BCUT2D eigenvalue weighted by molar-refractivity contribution is -0.247. The first-order chi connectivity index (χ1) is 20.8. The second-order valence-electron chi connectivity index (χ2n) is 13.2. The van der Waals surface area contributed by atoms with Gasteiger partial charge in [0.05, 0.1) is 19.3 Å². The van der Waals surface area contributed by atoms with E-state index in [2.05, 4.69) is 13.8 Å². The summed E-state index contributed by atoms with van der Waals surface area (Å²) in [7, 11) is 0. The molecular formula is C35H69NO7. The molecule has 1 aliphatic heterocycles. The molecule has 1 fully saturated rings. The molecule has 256 valence electrons. The molecule has 1 amide bonds. The predicted molar refractivity (Wildman–Crippen MR) is 174 cm³/mol. The number of unbranched alkanes of at least 4 members (excludes halogenated alkanes) is 19. The molecule has 43 heavy (non-hydrogen) atoms. The van der Waals surface area contributed by atoms with E-state index in [4.69, 9.17) is 4.74 Å². The lowest BCUT2D eigenvalue weighted by Crippen LogP contribution is -2.63. The van der Waals surface area contributed by atoms with Crippen LogP contribution in [0.25, 0.3) is 0 Å². The predicted octanol–water partition coefficient (Wildman–Crippen LogP) is 6.03. The summed E-state index contributed by atoms with van der Waals surface area (Å²) in [6.45, 7) is 4.32. The van der Waals surface area contributed by atoms with E-state index < -0.39 is 36.6 Å². The van der Waals surface area contributed by atoms with Crippen molar-refractivity contribution in [2.75, 3.05) is 26.3 Å². The first kappa shape index (κ1) is 40.3. The number of carbonyl (C=O) groups excluding carboxylic acids is 1. The summed E-state index contributed by atoms with van der Waals surface area (Å²) < 4.78 is 5.33. The van der Waals surface area contributed by atoms with Crippen molar-refractivity contribution in [2.45, 2.75) is 192 Å². The van der Waals surface area contributed by atoms with Crippen LogP contribution in [0.15, 0.2) is 0 Å². The van der Waals surface area contributed by atoms with E-state index in [-0.39, 0.29) is 25.5 Å². The number of rotatable bonds is 28. The Kier molecular flexibility index (Phi) is 23.8. The zero-order valence-electron chi connectivity index (χ0n) is 27.9. The van der Waals surface area contributed by atoms with Gasteiger partial charge < -0.3 is 35.2 Å². The van der Waals surface area contributed by atoms with Crippen LogP contribution in [0, 0.1) is 0 Å². The highest BCUT2D eigenvalue weighted by molar-refractivity contribution is 5.76. The first-order valence-corrected chi connectivity index (χ1v) is 18.1. The Hall–Kier alpha value is -0.770. The van der Waals surface area contributed by atoms with Crippen LogP contribution < -0.4 is 0 Å². The topological polar surface area (TPSA) is 131 Å². The minimum atomic E-state index is -1.85. The summed E-state index contributed by atoms with van der Waals surface area (Å²) in [6.07, 6.45) is 20.8. The molecule has 5 N–H and O–H groups in total. The summed E-state index contributed by atoms with van der Waals surface area (Å²) in [6, 6.07) is 0. The van der Waals surface area contributed by atoms with Gasteiger partial charge in [-0.15, -0.1) is 0 Å². The molecular weight excluding hydrogens is 546 g/mol. The van der Waals surface area contributed by atoms with E-state index >= 15 is 0 Å². The van der Waals surface area contributed by atoms with E-state index in [1.54, 1.807) is 4.90 Å². The SMILES string of the molecule is CCCCCCCCCCCCCCCCN(CC(O)C[C@@]1(O)CO[C@H](CO)[C@@H](O)[C@@H]1O)C(=O)CCCCCCCCC. The molecule has 8 nitrogen and oxygen atoms in total. The van der Waals surface area contributed by atoms with Crippen molar-refractivity contribution < 1.29 is 35.1 Å². The van der Waals surface area contributed by atoms with Crippen LogP contribution in [0.1, 0.15) is 162 Å². The van der Waals surface area contributed by atoms with Crippen molar-refractivity contribution in [1.82, 2.24) is 4.90 Å². The second-order valence-corrected chi connectivity index (χ2v) is 13.2. The van der Waals surface area contributed by atoms with Crippen LogP contribution in [0.3, 0.4) is 0 Å². The van der Waals surface area contributed by atoms with E-state index in [9.17, 15) is 30.3 Å². The van der Waals surface area contributed by atoms with Gasteiger partial charge >= 0.3 is 0 Å². The number of nitrogens with zero attached hydrogens (tertiary/aromatic N) is 1. The van der Waals surface area contributed by atoms with Gasteiger partial charge in [0.15, 0.2) is 0 Å². The third-order valence-corrected chi connectivity index (χ3v) is 9.13. The van der Waals surface area contributed by atoms with Crippen LogP contribution >= 0.6 is 0 Å². The molecule has 1 aliphatic rings. The lowest BCUT2D eigenvalue weighted by Gasteiger charge is -2.44. The number of ether oxygens (including phenoxy) is 1. The van der Waals surface area contributed by atoms with Gasteiger partial charge in [0.2, 0.25) is 5.91 Å². The molecule has 0 aromatic carbocycles. The summed E-state index contributed by atoms with van der Waals surface area (Å²) >= 11 is 0. The van der Waals surface area contributed by atoms with Crippen LogP contribution in [0.4, 0.5) is 0 Å². The maximum atomic E-state index is 13.2. The fourth-order valence-electron chi connectivity index (χ4n) is 6.23. The fourth-order valence-corrected chi connectivity index (χ4v) is 6.23. The summed E-state index contributed by atoms with van der Waals surface area (Å²) in [5.74, 6) is 0.0233. The maximum absolute atomic E-state index is 13.2. The number of hydrogen-bond acceptors (Lipinski definition) is 7. The maximum Gasteiger partial charge on any atom is 0.222 e. The molecule has 1 heterocycles. The molecule has 1 unspecified atom stereocenters. The molecule has 1 rings (SSSR count). The van der Waals surface area contributed by atoms with Crippen molar-refractivity contribution in [3.8, 4) is 0 Å². The molecule has 8 heteroatoms. The third kappa shape index (κ3) is 18.1. The van der Waals surface area contributed by atoms with Gasteiger partial charge in [0, 0.05) is 25.9 Å². The van der Waals surface area contributed by atoms with Gasteiger partial charge in [-0.25, -0.2) is 0 Å². The third-order valence-electron chi connectivity index (χ3n) is 9.13. The van der Waals surface area contributed by atoms with E-state index in [1.807, 2.05) is 0 Å². The molecule has 0 spiro atoms. The Bertz CT molecular complexity index is 666. The fraction of sp³-hybridized carbons (Fsp3) is 0.971. The average molecular weight is 616 g/mol. The second kappa shape index (κ2) is 25.4. The zero-order chi connectivity index (χ0) is 31.8. The van der Waals surface area contributed by atoms with Crippen LogP contribution in [0.2, 0.25) is 0 Å². The summed E-state index contributed by atoms with van der Waals surface area (Å²) in [4.78, 5) is 14.9. The minimum Gasteiger partial charge on any atom is -0.394 e. The molecule has 1 saturated heterocycles. The number of aliphatic hydroxyl groups excluding tert-OH is 4. The first-order valence-electron chi connectivity index (χ1n) is 18.1. The Labute approximate surface area is 263 Å². The van der Waals surface area contributed by atoms with Gasteiger partial charge in [0.25, 0.3) is 0 Å². The number of hydrogen-bond donors (Lipinski definition) is 5. The van der Waals surface area contributed by atoms with Gasteiger partial charge in [0.1, 0.15) is 23.9 Å². The Morgan fingerprint density at radius 3 is 1.67 bits per heavy atom. The highest BCUT2D eigenvalue weighted by Crippen LogP contribution is 2.29. The average Bonchev–Trinajstić information content (AvgIpc) is 2.99. The standard InChI is InChI=1S/C35H69NO7/c1-3-5-7-9-11-12-13-14-15-16-17-19-21-23-25-36(32(39)24-22-20-18-10-8-6-4-2)27-30(38)26-35(42)29-43-31(28-37)33(40)34(35)41/h30-31,33-34,37-38,40-42H,3-29H2,1-2H3/t30?,31-,33-,34+,35-/m1/s1. The van der Waals surface area contributed by atoms with Gasteiger partial charge in [-0.1, -0.05) is 136 Å². The van der Waals surface area contributed by atoms with Crippen LogP contribution in [-0.4, -0.2) is 92.7 Å². The van der Waals surface area contributed by atoms with E-state index in [0.29, 0.717) is 13.0 Å². The Balaban J connectivity index is 2.43. The summed E-state index contributed by atoms with van der Waals surface area (Å²) in [5, 5.41) is 51.8. The van der Waals surface area contributed by atoms with Crippen molar-refractivity contribution in [1.29, 1.82) is 0 Å². The van der Waals surface area contributed by atoms with Crippen LogP contribution in [0.5, 0.6) is 0 Å². The zero-order valence-corrected chi connectivity index (χ0v) is 27.9. The number of amides is 1. The molecule has 0 radical (unpaired) electrons. The Morgan fingerprint density at radius 2 is 1.21 bits per heavy atom. The largest absolute Gasteiger partial charge is 0.394 e. The van der Waals surface area contributed by atoms with E-state index in [0.717, 1.165) is 38.5 Å². The highest BCUT2D eigenvalue weighted by Gasteiger charge is 2.49. The Morgan fingerprint density at radius 1 is 0.767 bits per heavy atom. The monoisotopic (exact) mass is 616 g/mol. The molecule has 5 atom stereocenters. The molecule has 0 aromatic heterocycles. The van der Waals surface area contributed by atoms with Gasteiger partial charge in [-0.2, -0.15) is 0 Å². The summed E-state index contributed by atoms with van der Waals surface area (Å²) in [5.41, 5.74) is -1.85. The van der Waals surface area contributed by atoms with Crippen molar-refractivity contribution in [3.05, 3.63) is 0 Å². The van der Waals surface area contributed by atoms with Crippen LogP contribution in [-0.2, 0) is 9.53 Å². The molecule has 0 saturated carbocycles. The normalized spacial score (nSPS) is 23.0. The van der Waals surface area contributed by atoms with Crippen molar-refractivity contribution >= 4 is 5.91 Å². The van der Waals surface area contributed by atoms with E-state index in [1.165, 1.54) is 96.3 Å². The van der Waals surface area contributed by atoms with Gasteiger partial charge in [-0.05, 0) is 12.8 Å². The lowest BCUT2D eigenvalue weighted by atomic mass is 9.83. The molecule has 0 aromatic rings. The van der Waals surface area contributed by atoms with Crippen molar-refractivity contribution in [2.24, 2.45) is 0 Å². The molecule has 0 aliphatic carbocycles.